The normalized spacial score (nSPS) is 10.2. The van der Waals surface area contributed by atoms with Crippen LogP contribution in [0.4, 0.5) is 0 Å². The molecular formula is C12H11IN2O3S. The van der Waals surface area contributed by atoms with Crippen LogP contribution in [0.5, 0.6) is 17.5 Å². The third-order valence-electron chi connectivity index (χ3n) is 1.92. The number of aromatic nitrogens is 2. The van der Waals surface area contributed by atoms with E-state index in [0.717, 1.165) is 15.9 Å². The fourth-order valence-electron chi connectivity index (χ4n) is 1.17. The first-order valence-corrected chi connectivity index (χ1v) is 7.24. The molecule has 0 fully saturated rings. The van der Waals surface area contributed by atoms with Crippen LogP contribution in [0.3, 0.4) is 0 Å². The Morgan fingerprint density at radius 3 is 2.95 bits per heavy atom. The maximum atomic E-state index is 5.60. The van der Waals surface area contributed by atoms with Gasteiger partial charge in [0.15, 0.2) is 0 Å². The van der Waals surface area contributed by atoms with Gasteiger partial charge in [-0.2, -0.15) is 0 Å². The Morgan fingerprint density at radius 2 is 2.16 bits per heavy atom. The first-order chi connectivity index (χ1) is 9.29. The van der Waals surface area contributed by atoms with Gasteiger partial charge in [-0.1, -0.05) is 0 Å². The average Bonchev–Trinajstić information content (AvgIpc) is 2.41. The van der Waals surface area contributed by atoms with Crippen LogP contribution >= 0.6 is 34.9 Å². The van der Waals surface area contributed by atoms with E-state index in [1.807, 2.05) is 19.1 Å². The van der Waals surface area contributed by atoms with Crippen molar-refractivity contribution in [3.8, 4) is 17.5 Å². The molecule has 0 aromatic carbocycles. The van der Waals surface area contributed by atoms with E-state index in [2.05, 4.69) is 32.6 Å². The fraction of sp³-hybridized carbons (Fsp3) is 0.167. The molecular weight excluding hydrogens is 379 g/mol. The topological polar surface area (TPSA) is 53.5 Å². The molecule has 19 heavy (non-hydrogen) atoms. The molecule has 2 rings (SSSR count). The van der Waals surface area contributed by atoms with Crippen molar-refractivity contribution in [2.75, 3.05) is 6.61 Å². The van der Waals surface area contributed by atoms with Crippen LogP contribution in [0.25, 0.3) is 0 Å². The Balaban J connectivity index is 2.11. The van der Waals surface area contributed by atoms with Crippen LogP contribution in [0.1, 0.15) is 6.92 Å². The third kappa shape index (κ3) is 4.51. The molecule has 0 aliphatic carbocycles. The van der Waals surface area contributed by atoms with Gasteiger partial charge in [0.05, 0.1) is 6.61 Å². The lowest BCUT2D eigenvalue weighted by molar-refractivity contribution is 0.361. The van der Waals surface area contributed by atoms with E-state index in [-0.39, 0.29) is 0 Å². The third-order valence-corrected chi connectivity index (χ3v) is 3.17. The minimum atomic E-state index is 0.351. The fourth-order valence-corrected chi connectivity index (χ4v) is 1.94. The Bertz CT molecular complexity index is 542. The van der Waals surface area contributed by atoms with Crippen LogP contribution < -0.4 is 8.92 Å². The van der Waals surface area contributed by atoms with Gasteiger partial charge in [-0.25, -0.2) is 9.97 Å². The summed E-state index contributed by atoms with van der Waals surface area (Å²) in [5.41, 5.74) is 0. The maximum Gasteiger partial charge on any atom is 0.265 e. The summed E-state index contributed by atoms with van der Waals surface area (Å²) in [5.74, 6) is 1.31. The zero-order valence-electron chi connectivity index (χ0n) is 10.1. The Labute approximate surface area is 129 Å². The van der Waals surface area contributed by atoms with Gasteiger partial charge < -0.3 is 8.92 Å². The van der Waals surface area contributed by atoms with E-state index in [1.54, 1.807) is 24.5 Å². The highest BCUT2D eigenvalue weighted by atomic mass is 127. The molecule has 2 heterocycles. The van der Waals surface area contributed by atoms with Gasteiger partial charge in [0, 0.05) is 22.0 Å². The number of halogens is 1. The molecule has 0 amide bonds. The minimum Gasteiger partial charge on any atom is -0.417 e. The summed E-state index contributed by atoms with van der Waals surface area (Å²) in [5, 5.41) is 0. The number of pyridine rings is 2. The standard InChI is InChI=1S/C12H11IN2O3S/c1-2-16-19-18-10-4-3-6-15-12(10)17-11-8-9(13)5-7-14-11/h3-8H,2H2,1H3. The molecule has 0 saturated carbocycles. The van der Waals surface area contributed by atoms with Gasteiger partial charge in [-0.15, -0.1) is 0 Å². The number of hydrogen-bond acceptors (Lipinski definition) is 6. The molecule has 2 aromatic heterocycles. The summed E-state index contributed by atoms with van der Waals surface area (Å²) in [6.07, 6.45) is 3.30. The second-order valence-corrected chi connectivity index (χ2v) is 5.06. The van der Waals surface area contributed by atoms with E-state index in [9.17, 15) is 0 Å². The Morgan fingerprint density at radius 1 is 1.26 bits per heavy atom. The van der Waals surface area contributed by atoms with E-state index in [4.69, 9.17) is 13.1 Å². The summed E-state index contributed by atoms with van der Waals surface area (Å²) >= 11 is 3.08. The van der Waals surface area contributed by atoms with Crippen LogP contribution in [0.2, 0.25) is 0 Å². The van der Waals surface area contributed by atoms with Crippen molar-refractivity contribution in [2.24, 2.45) is 0 Å². The van der Waals surface area contributed by atoms with Crippen molar-refractivity contribution in [1.82, 2.24) is 9.97 Å². The molecule has 0 unspecified atom stereocenters. The van der Waals surface area contributed by atoms with Crippen molar-refractivity contribution < 1.29 is 13.1 Å². The van der Waals surface area contributed by atoms with Crippen molar-refractivity contribution in [3.63, 3.8) is 0 Å². The summed E-state index contributed by atoms with van der Waals surface area (Å²) in [6, 6.07) is 7.21. The molecule has 0 spiro atoms. The number of hydrogen-bond donors (Lipinski definition) is 0. The molecule has 5 nitrogen and oxygen atoms in total. The monoisotopic (exact) mass is 390 g/mol. The van der Waals surface area contributed by atoms with Crippen LogP contribution in [-0.4, -0.2) is 16.6 Å². The first kappa shape index (κ1) is 14.4. The highest BCUT2D eigenvalue weighted by Gasteiger charge is 2.09. The zero-order valence-corrected chi connectivity index (χ0v) is 13.1. The van der Waals surface area contributed by atoms with Crippen molar-refractivity contribution in [1.29, 1.82) is 0 Å². The summed E-state index contributed by atoms with van der Waals surface area (Å²) in [4.78, 5) is 8.24. The van der Waals surface area contributed by atoms with Gasteiger partial charge >= 0.3 is 0 Å². The molecule has 2 aromatic rings. The van der Waals surface area contributed by atoms with E-state index >= 15 is 0 Å². The molecule has 0 aliphatic heterocycles. The van der Waals surface area contributed by atoms with Crippen LogP contribution in [-0.2, 0) is 4.18 Å². The van der Waals surface area contributed by atoms with E-state index in [0.29, 0.717) is 24.1 Å². The smallest absolute Gasteiger partial charge is 0.265 e. The summed E-state index contributed by atoms with van der Waals surface area (Å²) in [7, 11) is 0. The van der Waals surface area contributed by atoms with E-state index in [1.165, 1.54) is 0 Å². The van der Waals surface area contributed by atoms with Gasteiger partial charge in [0.1, 0.15) is 0 Å². The highest BCUT2D eigenvalue weighted by Crippen LogP contribution is 2.30. The van der Waals surface area contributed by atoms with Crippen molar-refractivity contribution >= 4 is 34.9 Å². The first-order valence-electron chi connectivity index (χ1n) is 5.50. The second-order valence-electron chi connectivity index (χ2n) is 3.28. The van der Waals surface area contributed by atoms with Gasteiger partial charge in [-0.05, 0) is 47.7 Å². The Hall–Kier alpha value is -1.06. The number of ether oxygens (including phenoxy) is 1. The van der Waals surface area contributed by atoms with Crippen molar-refractivity contribution in [2.45, 2.75) is 6.92 Å². The molecule has 0 saturated heterocycles. The largest absolute Gasteiger partial charge is 0.417 e. The van der Waals surface area contributed by atoms with E-state index < -0.39 is 0 Å². The lowest BCUT2D eigenvalue weighted by Crippen LogP contribution is -1.94. The maximum absolute atomic E-state index is 5.60. The average molecular weight is 390 g/mol. The molecule has 7 heteroatoms. The molecule has 0 aliphatic rings. The summed E-state index contributed by atoms with van der Waals surface area (Å²) < 4.78 is 17.0. The number of rotatable bonds is 6. The quantitative estimate of drug-likeness (QED) is 0.424. The Kier molecular flexibility index (Phi) is 5.67. The lowest BCUT2D eigenvalue weighted by Gasteiger charge is -2.08. The second kappa shape index (κ2) is 7.51. The van der Waals surface area contributed by atoms with Crippen molar-refractivity contribution in [3.05, 3.63) is 40.2 Å². The molecule has 0 radical (unpaired) electrons. The lowest BCUT2D eigenvalue weighted by atomic mass is 10.4. The van der Waals surface area contributed by atoms with Gasteiger partial charge in [-0.3, -0.25) is 4.18 Å². The van der Waals surface area contributed by atoms with Crippen LogP contribution in [0, 0.1) is 3.57 Å². The molecule has 0 atom stereocenters. The predicted molar refractivity (Wildman–Crippen MR) is 81.1 cm³/mol. The molecule has 0 bridgehead atoms. The molecule has 100 valence electrons. The predicted octanol–water partition coefficient (Wildman–Crippen LogP) is 3.85. The SMILES string of the molecule is CCOSOc1cccnc1Oc1cc(I)ccn1. The van der Waals surface area contributed by atoms with Gasteiger partial charge in [0.2, 0.25) is 24.0 Å². The minimum absolute atomic E-state index is 0.351. The summed E-state index contributed by atoms with van der Waals surface area (Å²) in [6.45, 7) is 2.44. The van der Waals surface area contributed by atoms with Crippen LogP contribution in [0.15, 0.2) is 36.7 Å². The number of nitrogens with zero attached hydrogens (tertiary/aromatic N) is 2. The zero-order chi connectivity index (χ0) is 13.5. The molecule has 0 N–H and O–H groups in total. The highest BCUT2D eigenvalue weighted by molar-refractivity contribution is 14.1. The van der Waals surface area contributed by atoms with Gasteiger partial charge in [0.25, 0.3) is 5.88 Å².